The van der Waals surface area contributed by atoms with Crippen molar-refractivity contribution >= 4 is 13.7 Å². The van der Waals surface area contributed by atoms with Crippen LogP contribution < -0.4 is 20.9 Å². The molecule has 1 aromatic heterocycles. The summed E-state index contributed by atoms with van der Waals surface area (Å²) in [5.74, 6) is -1.91. The molecule has 1 aromatic carbocycles. The fourth-order valence-corrected chi connectivity index (χ4v) is 5.02. The van der Waals surface area contributed by atoms with Gasteiger partial charge in [0.1, 0.15) is 29.6 Å². The Hall–Kier alpha value is -2.87. The summed E-state index contributed by atoms with van der Waals surface area (Å²) in [6.07, 6.45) is -4.66. The van der Waals surface area contributed by atoms with E-state index < -0.39 is 73.6 Å². The number of aromatic nitrogens is 2. The van der Waals surface area contributed by atoms with Crippen LogP contribution in [-0.2, 0) is 23.4 Å². The zero-order chi connectivity index (χ0) is 27.5. The van der Waals surface area contributed by atoms with Gasteiger partial charge in [-0.1, -0.05) is 18.2 Å². The van der Waals surface area contributed by atoms with Crippen LogP contribution in [0.3, 0.4) is 0 Å². The van der Waals surface area contributed by atoms with Gasteiger partial charge in [-0.15, -0.1) is 0 Å². The Morgan fingerprint density at radius 3 is 2.57 bits per heavy atom. The van der Waals surface area contributed by atoms with E-state index >= 15 is 0 Å². The summed E-state index contributed by atoms with van der Waals surface area (Å²) in [6.45, 7) is 5.13. The molecule has 1 aliphatic heterocycles. The topological polar surface area (TPSA) is 178 Å². The third-order valence-corrected chi connectivity index (χ3v) is 7.01. The lowest BCUT2D eigenvalue weighted by atomic mass is 9.96. The van der Waals surface area contributed by atoms with Gasteiger partial charge in [0.05, 0.1) is 18.9 Å². The van der Waals surface area contributed by atoms with Crippen LogP contribution in [0.1, 0.15) is 33.9 Å². The molecule has 2 aromatic rings. The lowest BCUT2D eigenvalue weighted by molar-refractivity contribution is -0.149. The van der Waals surface area contributed by atoms with Crippen molar-refractivity contribution in [2.45, 2.75) is 63.9 Å². The van der Waals surface area contributed by atoms with Crippen molar-refractivity contribution in [3.8, 4) is 5.75 Å². The summed E-state index contributed by atoms with van der Waals surface area (Å²) in [5, 5.41) is 23.9. The number of hydrogen-bond donors (Lipinski definition) is 4. The Balaban J connectivity index is 1.82. The van der Waals surface area contributed by atoms with Crippen LogP contribution in [0.5, 0.6) is 5.75 Å². The molecule has 0 radical (unpaired) electrons. The van der Waals surface area contributed by atoms with Crippen molar-refractivity contribution in [1.82, 2.24) is 14.6 Å². The average Bonchev–Trinajstić information content (AvgIpc) is 3.03. The first-order valence-corrected chi connectivity index (χ1v) is 12.8. The Labute approximate surface area is 210 Å². The standard InChI is InChI=1S/C22H29FN3O10P/c1-12(2)34-19(29)13(3)25-37(32,36-14-8-6-5-7-9-14)33-11-16-17(27)22(4,31)20(35-16)26-10-15(23)18(28)24-21(26)30/h5-10,12-13,16-17,20,27,31H,11H2,1-4H3,(H,25,32)(H,24,28,30)/t13-,16-,17-,20-,22-,37?/m1/s1. The van der Waals surface area contributed by atoms with Gasteiger partial charge in [0.25, 0.3) is 5.56 Å². The molecule has 0 saturated carbocycles. The van der Waals surface area contributed by atoms with Gasteiger partial charge in [0, 0.05) is 0 Å². The highest BCUT2D eigenvalue weighted by Gasteiger charge is 2.54. The highest BCUT2D eigenvalue weighted by molar-refractivity contribution is 7.52. The van der Waals surface area contributed by atoms with Crippen LogP contribution in [-0.4, -0.2) is 62.3 Å². The number of aliphatic hydroxyl groups is 2. The zero-order valence-electron chi connectivity index (χ0n) is 20.5. The molecule has 204 valence electrons. The monoisotopic (exact) mass is 545 g/mol. The predicted molar refractivity (Wildman–Crippen MR) is 126 cm³/mol. The molecule has 0 spiro atoms. The van der Waals surface area contributed by atoms with Gasteiger partial charge >= 0.3 is 19.4 Å². The Morgan fingerprint density at radius 1 is 1.30 bits per heavy atom. The summed E-state index contributed by atoms with van der Waals surface area (Å²) >= 11 is 0. The van der Waals surface area contributed by atoms with E-state index in [0.717, 1.165) is 6.92 Å². The van der Waals surface area contributed by atoms with Crippen molar-refractivity contribution in [3.63, 3.8) is 0 Å². The van der Waals surface area contributed by atoms with Gasteiger partial charge in [0.2, 0.25) is 5.82 Å². The van der Waals surface area contributed by atoms with E-state index in [1.807, 2.05) is 0 Å². The molecule has 13 nitrogen and oxygen atoms in total. The maximum atomic E-state index is 13.8. The molecule has 2 heterocycles. The number of H-pyrrole nitrogens is 1. The molecule has 1 fully saturated rings. The minimum atomic E-state index is -4.33. The Kier molecular flexibility index (Phi) is 8.73. The number of para-hydroxylation sites is 1. The summed E-state index contributed by atoms with van der Waals surface area (Å²) in [4.78, 5) is 37.5. The normalized spacial score (nSPS) is 26.0. The van der Waals surface area contributed by atoms with E-state index in [9.17, 15) is 33.6 Å². The molecule has 0 bridgehead atoms. The number of ether oxygens (including phenoxy) is 2. The molecule has 3 rings (SSSR count). The summed E-state index contributed by atoms with van der Waals surface area (Å²) in [7, 11) is -4.33. The summed E-state index contributed by atoms with van der Waals surface area (Å²) < 4.78 is 49.6. The number of esters is 1. The third-order valence-electron chi connectivity index (χ3n) is 5.37. The number of carbonyl (C=O) groups excluding carboxylic acids is 1. The number of nitrogens with zero attached hydrogens (tertiary/aromatic N) is 1. The minimum Gasteiger partial charge on any atom is -0.462 e. The first-order valence-electron chi connectivity index (χ1n) is 11.3. The quantitative estimate of drug-likeness (QED) is 0.245. The largest absolute Gasteiger partial charge is 0.462 e. The highest BCUT2D eigenvalue weighted by Crippen LogP contribution is 2.46. The number of aromatic amines is 1. The number of rotatable bonds is 10. The average molecular weight is 545 g/mol. The molecule has 0 aliphatic carbocycles. The zero-order valence-corrected chi connectivity index (χ0v) is 21.4. The van der Waals surface area contributed by atoms with E-state index in [-0.39, 0.29) is 5.75 Å². The van der Waals surface area contributed by atoms with Crippen molar-refractivity contribution < 1.29 is 42.5 Å². The number of halogens is 1. The maximum absolute atomic E-state index is 13.8. The van der Waals surface area contributed by atoms with E-state index in [4.69, 9.17) is 18.5 Å². The van der Waals surface area contributed by atoms with Crippen molar-refractivity contribution in [2.75, 3.05) is 6.61 Å². The molecule has 1 unspecified atom stereocenters. The lowest BCUT2D eigenvalue weighted by Crippen LogP contribution is -2.47. The first kappa shape index (κ1) is 28.7. The number of hydrogen-bond acceptors (Lipinski definition) is 10. The molecule has 6 atom stereocenters. The SMILES string of the molecule is CC(C)OC(=O)[C@@H](C)NP(=O)(OC[C@H]1O[C@@H](n2cc(F)c(=O)[nH]c2=O)[C@](C)(O)[C@@H]1O)Oc1ccccc1. The first-order chi connectivity index (χ1) is 17.2. The lowest BCUT2D eigenvalue weighted by Gasteiger charge is -2.27. The van der Waals surface area contributed by atoms with E-state index in [1.54, 1.807) is 37.0 Å². The molecule has 4 N–H and O–H groups in total. The third kappa shape index (κ3) is 6.72. The van der Waals surface area contributed by atoms with Gasteiger partial charge in [-0.25, -0.2) is 9.36 Å². The summed E-state index contributed by atoms with van der Waals surface area (Å²) in [5.41, 5.74) is -4.52. The van der Waals surface area contributed by atoms with Crippen molar-refractivity contribution in [3.05, 3.63) is 63.2 Å². The number of benzene rings is 1. The van der Waals surface area contributed by atoms with E-state index in [0.29, 0.717) is 10.8 Å². The van der Waals surface area contributed by atoms with E-state index in [2.05, 4.69) is 5.09 Å². The van der Waals surface area contributed by atoms with Gasteiger partial charge in [0.15, 0.2) is 6.23 Å². The van der Waals surface area contributed by atoms with Gasteiger partial charge < -0.3 is 24.2 Å². The number of aliphatic hydroxyl groups excluding tert-OH is 1. The van der Waals surface area contributed by atoms with Gasteiger partial charge in [-0.2, -0.15) is 9.48 Å². The highest BCUT2D eigenvalue weighted by atomic mass is 31.2. The molecule has 15 heteroatoms. The molecule has 37 heavy (non-hydrogen) atoms. The number of nitrogens with one attached hydrogen (secondary N) is 2. The predicted octanol–water partition coefficient (Wildman–Crippen LogP) is 0.818. The van der Waals surface area contributed by atoms with Crippen LogP contribution in [0.15, 0.2) is 46.1 Å². The summed E-state index contributed by atoms with van der Waals surface area (Å²) in [6, 6.07) is 6.78. The Morgan fingerprint density at radius 2 is 1.95 bits per heavy atom. The molecular formula is C22H29FN3O10P. The fraction of sp³-hybridized carbons (Fsp3) is 0.500. The van der Waals surface area contributed by atoms with E-state index in [1.165, 1.54) is 19.1 Å². The second kappa shape index (κ2) is 11.3. The second-order valence-corrected chi connectivity index (χ2v) is 10.6. The number of carbonyl (C=O) groups is 1. The fourth-order valence-electron chi connectivity index (χ4n) is 3.52. The molecule has 0 amide bonds. The second-order valence-electron chi connectivity index (χ2n) is 8.88. The smallest absolute Gasteiger partial charge is 0.459 e. The minimum absolute atomic E-state index is 0.135. The molecule has 1 aliphatic rings. The maximum Gasteiger partial charge on any atom is 0.459 e. The van der Waals surface area contributed by atoms with Crippen LogP contribution in [0.25, 0.3) is 0 Å². The van der Waals surface area contributed by atoms with Gasteiger partial charge in [-0.05, 0) is 39.8 Å². The van der Waals surface area contributed by atoms with Gasteiger partial charge in [-0.3, -0.25) is 23.7 Å². The van der Waals surface area contributed by atoms with Crippen LogP contribution in [0, 0.1) is 5.82 Å². The molecule has 1 saturated heterocycles. The molecular weight excluding hydrogens is 516 g/mol. The Bertz CT molecular complexity index is 1270. The van der Waals surface area contributed by atoms with Crippen LogP contribution in [0.2, 0.25) is 0 Å². The van der Waals surface area contributed by atoms with Crippen molar-refractivity contribution in [1.29, 1.82) is 0 Å². The van der Waals surface area contributed by atoms with Crippen LogP contribution in [0.4, 0.5) is 4.39 Å². The van der Waals surface area contributed by atoms with Crippen LogP contribution >= 0.6 is 7.75 Å². The van der Waals surface area contributed by atoms with Crippen molar-refractivity contribution in [2.24, 2.45) is 0 Å².